The fourth-order valence-corrected chi connectivity index (χ4v) is 2.69. The van der Waals surface area contributed by atoms with Gasteiger partial charge in [0.2, 0.25) is 0 Å². The zero-order valence-electron chi connectivity index (χ0n) is 11.4. The quantitative estimate of drug-likeness (QED) is 0.576. The maximum Gasteiger partial charge on any atom is 0.159 e. The summed E-state index contributed by atoms with van der Waals surface area (Å²) in [5.74, 6) is 6.77. The molecule has 0 amide bonds. The first-order valence-electron chi connectivity index (χ1n) is 6.44. The molecule has 106 valence electrons. The van der Waals surface area contributed by atoms with Gasteiger partial charge in [0, 0.05) is 6.54 Å². The zero-order valence-corrected chi connectivity index (χ0v) is 13.0. The molecule has 0 radical (unpaired) electrons. The summed E-state index contributed by atoms with van der Waals surface area (Å²) < 4.78 is 0.772. The molecule has 2 rings (SSSR count). The van der Waals surface area contributed by atoms with Crippen molar-refractivity contribution in [3.8, 4) is 0 Å². The van der Waals surface area contributed by atoms with Crippen LogP contribution in [0.15, 0.2) is 10.8 Å². The largest absolute Gasteiger partial charge is 0.368 e. The van der Waals surface area contributed by atoms with Gasteiger partial charge in [0.05, 0.1) is 0 Å². The number of nitrogen functional groups attached to an aromatic ring is 1. The molecule has 1 aliphatic rings. The monoisotopic (exact) mass is 328 g/mol. The first kappa shape index (κ1) is 14.5. The van der Waals surface area contributed by atoms with Crippen molar-refractivity contribution in [3.63, 3.8) is 0 Å². The van der Waals surface area contributed by atoms with Gasteiger partial charge in [-0.2, -0.15) is 0 Å². The second-order valence-electron chi connectivity index (χ2n) is 5.50. The summed E-state index contributed by atoms with van der Waals surface area (Å²) >= 11 is 3.46. The van der Waals surface area contributed by atoms with Crippen molar-refractivity contribution in [2.75, 3.05) is 37.4 Å². The topological polar surface area (TPSA) is 79.1 Å². The van der Waals surface area contributed by atoms with E-state index >= 15 is 0 Å². The Morgan fingerprint density at radius 1 is 1.37 bits per heavy atom. The number of hydrazine groups is 1. The minimum absolute atomic E-state index is 0.313. The Hall–Kier alpha value is -0.920. The number of likely N-dealkylation sites (tertiary alicyclic amines) is 1. The minimum Gasteiger partial charge on any atom is -0.368 e. The molecule has 2 heterocycles. The minimum atomic E-state index is 0.313. The van der Waals surface area contributed by atoms with E-state index in [-0.39, 0.29) is 0 Å². The second kappa shape index (κ2) is 6.02. The van der Waals surface area contributed by atoms with Gasteiger partial charge in [-0.3, -0.25) is 0 Å². The van der Waals surface area contributed by atoms with Gasteiger partial charge in [0.15, 0.2) is 5.82 Å². The third kappa shape index (κ3) is 3.55. The maximum atomic E-state index is 5.40. The SMILES string of the molecule is CN1CCC(C)(CNc2ncnc(NN)c2Br)CC1. The van der Waals surface area contributed by atoms with Crippen LogP contribution in [-0.2, 0) is 0 Å². The average molecular weight is 329 g/mol. The van der Waals surface area contributed by atoms with Gasteiger partial charge < -0.3 is 15.6 Å². The number of nitrogens with two attached hydrogens (primary N) is 1. The highest BCUT2D eigenvalue weighted by Crippen LogP contribution is 2.32. The van der Waals surface area contributed by atoms with E-state index in [9.17, 15) is 0 Å². The summed E-state index contributed by atoms with van der Waals surface area (Å²) in [6.45, 7) is 5.53. The molecule has 0 atom stereocenters. The summed E-state index contributed by atoms with van der Waals surface area (Å²) in [7, 11) is 2.17. The van der Waals surface area contributed by atoms with E-state index in [1.807, 2.05) is 0 Å². The summed E-state index contributed by atoms with van der Waals surface area (Å²) in [5.41, 5.74) is 2.86. The lowest BCUT2D eigenvalue weighted by Crippen LogP contribution is -2.40. The predicted octanol–water partition coefficient (Wildman–Crippen LogP) is 1.67. The number of rotatable bonds is 4. The average Bonchev–Trinajstić information content (AvgIpc) is 2.41. The van der Waals surface area contributed by atoms with Crippen LogP contribution in [-0.4, -0.2) is 41.5 Å². The van der Waals surface area contributed by atoms with Crippen LogP contribution in [0.5, 0.6) is 0 Å². The molecule has 0 spiro atoms. The van der Waals surface area contributed by atoms with Crippen LogP contribution >= 0.6 is 15.9 Å². The van der Waals surface area contributed by atoms with Gasteiger partial charge in [-0.1, -0.05) is 6.92 Å². The van der Waals surface area contributed by atoms with Crippen molar-refractivity contribution in [1.29, 1.82) is 0 Å². The highest BCUT2D eigenvalue weighted by atomic mass is 79.9. The van der Waals surface area contributed by atoms with Gasteiger partial charge in [0.1, 0.15) is 16.6 Å². The van der Waals surface area contributed by atoms with Gasteiger partial charge >= 0.3 is 0 Å². The van der Waals surface area contributed by atoms with Crippen LogP contribution in [0.4, 0.5) is 11.6 Å². The number of hydrogen-bond donors (Lipinski definition) is 3. The van der Waals surface area contributed by atoms with Crippen molar-refractivity contribution in [1.82, 2.24) is 14.9 Å². The van der Waals surface area contributed by atoms with Gasteiger partial charge in [0.25, 0.3) is 0 Å². The van der Waals surface area contributed by atoms with E-state index in [1.165, 1.54) is 19.2 Å². The van der Waals surface area contributed by atoms with Crippen LogP contribution in [0.2, 0.25) is 0 Å². The number of nitrogens with zero attached hydrogens (tertiary/aromatic N) is 3. The van der Waals surface area contributed by atoms with Crippen molar-refractivity contribution in [2.45, 2.75) is 19.8 Å². The predicted molar refractivity (Wildman–Crippen MR) is 80.9 cm³/mol. The standard InChI is InChI=1S/C12H21BrN6/c1-12(3-5-19(2)6-4-12)7-15-10-9(13)11(18-14)17-8-16-10/h8H,3-7,14H2,1-2H3,(H2,15,16,17,18). The summed E-state index contributed by atoms with van der Waals surface area (Å²) in [6.07, 6.45) is 3.89. The van der Waals surface area contributed by atoms with Crippen molar-refractivity contribution >= 4 is 27.6 Å². The van der Waals surface area contributed by atoms with Crippen LogP contribution in [0.25, 0.3) is 0 Å². The van der Waals surface area contributed by atoms with Crippen LogP contribution in [0, 0.1) is 5.41 Å². The van der Waals surface area contributed by atoms with Gasteiger partial charge in [-0.05, 0) is 54.3 Å². The molecule has 1 saturated heterocycles. The Labute approximate surface area is 122 Å². The lowest BCUT2D eigenvalue weighted by atomic mass is 9.80. The zero-order chi connectivity index (χ0) is 13.9. The molecule has 0 aromatic carbocycles. The van der Waals surface area contributed by atoms with Crippen molar-refractivity contribution in [2.24, 2.45) is 11.3 Å². The normalized spacial score (nSPS) is 19.2. The summed E-state index contributed by atoms with van der Waals surface area (Å²) in [5, 5.41) is 3.40. The van der Waals surface area contributed by atoms with E-state index < -0.39 is 0 Å². The molecule has 1 fully saturated rings. The van der Waals surface area contributed by atoms with Gasteiger partial charge in [-0.15, -0.1) is 0 Å². The van der Waals surface area contributed by atoms with Crippen LogP contribution in [0.1, 0.15) is 19.8 Å². The molecule has 19 heavy (non-hydrogen) atoms. The summed E-state index contributed by atoms with van der Waals surface area (Å²) in [4.78, 5) is 10.7. The first-order chi connectivity index (χ1) is 9.04. The second-order valence-corrected chi connectivity index (χ2v) is 6.29. The smallest absolute Gasteiger partial charge is 0.159 e. The van der Waals surface area contributed by atoms with E-state index in [4.69, 9.17) is 5.84 Å². The van der Waals surface area contributed by atoms with Crippen LogP contribution < -0.4 is 16.6 Å². The van der Waals surface area contributed by atoms with E-state index in [0.717, 1.165) is 29.9 Å². The van der Waals surface area contributed by atoms with E-state index in [1.54, 1.807) is 0 Å². The Bertz CT molecular complexity index is 430. The first-order valence-corrected chi connectivity index (χ1v) is 7.23. The summed E-state index contributed by atoms with van der Waals surface area (Å²) in [6, 6.07) is 0. The molecule has 0 saturated carbocycles. The number of aromatic nitrogens is 2. The molecular formula is C12H21BrN6. The maximum absolute atomic E-state index is 5.40. The molecule has 7 heteroatoms. The third-order valence-corrected chi connectivity index (χ3v) is 4.55. The Balaban J connectivity index is 1.99. The number of piperidine rings is 1. The van der Waals surface area contributed by atoms with Gasteiger partial charge in [-0.25, -0.2) is 15.8 Å². The molecule has 0 unspecified atom stereocenters. The number of halogens is 1. The highest BCUT2D eigenvalue weighted by Gasteiger charge is 2.28. The third-order valence-electron chi connectivity index (χ3n) is 3.80. The lowest BCUT2D eigenvalue weighted by Gasteiger charge is -2.38. The Morgan fingerprint density at radius 3 is 2.63 bits per heavy atom. The van der Waals surface area contributed by atoms with E-state index in [2.05, 4.69) is 55.5 Å². The Morgan fingerprint density at radius 2 is 2.00 bits per heavy atom. The van der Waals surface area contributed by atoms with Crippen LogP contribution in [0.3, 0.4) is 0 Å². The fraction of sp³-hybridized carbons (Fsp3) is 0.667. The molecular weight excluding hydrogens is 308 g/mol. The lowest BCUT2D eigenvalue weighted by molar-refractivity contribution is 0.150. The highest BCUT2D eigenvalue weighted by molar-refractivity contribution is 9.10. The number of nitrogens with one attached hydrogen (secondary N) is 2. The number of anilines is 2. The molecule has 0 bridgehead atoms. The Kier molecular flexibility index (Phi) is 4.59. The molecule has 1 aliphatic heterocycles. The molecule has 1 aromatic rings. The van der Waals surface area contributed by atoms with Crippen molar-refractivity contribution in [3.05, 3.63) is 10.8 Å². The fourth-order valence-electron chi connectivity index (χ4n) is 2.23. The molecule has 0 aliphatic carbocycles. The molecule has 1 aromatic heterocycles. The number of hydrogen-bond acceptors (Lipinski definition) is 6. The van der Waals surface area contributed by atoms with Crippen molar-refractivity contribution < 1.29 is 0 Å². The molecule has 4 N–H and O–H groups in total. The molecule has 6 nitrogen and oxygen atoms in total. The van der Waals surface area contributed by atoms with E-state index in [0.29, 0.717) is 11.2 Å².